The van der Waals surface area contributed by atoms with Gasteiger partial charge in [-0.25, -0.2) is 0 Å². The van der Waals surface area contributed by atoms with Gasteiger partial charge in [0.1, 0.15) is 5.75 Å². The minimum atomic E-state index is -0.253. The molecule has 108 valence electrons. The lowest BCUT2D eigenvalue weighted by atomic mass is 10.00. The number of aliphatic hydroxyl groups excluding tert-OH is 1. The number of rotatable bonds is 9. The lowest BCUT2D eigenvalue weighted by Gasteiger charge is -2.28. The Morgan fingerprint density at radius 1 is 1.21 bits per heavy atom. The summed E-state index contributed by atoms with van der Waals surface area (Å²) in [6, 6.07) is 8.28. The van der Waals surface area contributed by atoms with Crippen LogP contribution < -0.4 is 10.1 Å². The summed E-state index contributed by atoms with van der Waals surface area (Å²) in [6.07, 6.45) is 3.06. The molecule has 0 saturated carbocycles. The van der Waals surface area contributed by atoms with Crippen molar-refractivity contribution < 1.29 is 9.84 Å². The van der Waals surface area contributed by atoms with Gasteiger partial charge < -0.3 is 15.2 Å². The molecule has 0 aliphatic carbocycles. The maximum Gasteiger partial charge on any atom is 0.119 e. The van der Waals surface area contributed by atoms with E-state index in [1.807, 2.05) is 26.0 Å². The van der Waals surface area contributed by atoms with Crippen LogP contribution in [0.5, 0.6) is 5.75 Å². The van der Waals surface area contributed by atoms with E-state index in [2.05, 4.69) is 24.4 Å². The molecule has 3 heteroatoms. The number of benzene rings is 1. The molecule has 0 aromatic heterocycles. The predicted octanol–water partition coefficient (Wildman–Crippen LogP) is 2.77. The molecule has 19 heavy (non-hydrogen) atoms. The van der Waals surface area contributed by atoms with Crippen LogP contribution in [0.2, 0.25) is 0 Å². The molecule has 0 amide bonds. The largest absolute Gasteiger partial charge is 0.494 e. The fraction of sp³-hybridized carbons (Fsp3) is 0.625. The van der Waals surface area contributed by atoms with E-state index in [1.54, 1.807) is 0 Å². The smallest absolute Gasteiger partial charge is 0.119 e. The van der Waals surface area contributed by atoms with Gasteiger partial charge in [-0.05, 0) is 37.6 Å². The second-order valence-corrected chi connectivity index (χ2v) is 5.24. The highest BCUT2D eigenvalue weighted by Gasteiger charge is 2.21. The van der Waals surface area contributed by atoms with Crippen LogP contribution in [-0.2, 0) is 6.42 Å². The van der Waals surface area contributed by atoms with Crippen LogP contribution in [0.25, 0.3) is 0 Å². The quantitative estimate of drug-likeness (QED) is 0.721. The lowest BCUT2D eigenvalue weighted by Crippen LogP contribution is -2.46. The van der Waals surface area contributed by atoms with Gasteiger partial charge in [0.15, 0.2) is 0 Å². The van der Waals surface area contributed by atoms with Gasteiger partial charge in [0.05, 0.1) is 13.2 Å². The van der Waals surface area contributed by atoms with Crippen molar-refractivity contribution in [2.24, 2.45) is 0 Å². The number of ether oxygens (including phenoxy) is 1. The standard InChI is InChI=1S/C16H27NO2/c1-4-6-14-7-9-15(10-8-14)19-12-11-16(3,13-18)17-5-2/h7-10,17-18H,4-6,11-13H2,1-3H3. The fourth-order valence-corrected chi connectivity index (χ4v) is 2.09. The van der Waals surface area contributed by atoms with E-state index < -0.39 is 0 Å². The van der Waals surface area contributed by atoms with Crippen LogP contribution in [0.4, 0.5) is 0 Å². The Morgan fingerprint density at radius 2 is 1.89 bits per heavy atom. The minimum Gasteiger partial charge on any atom is -0.494 e. The molecule has 2 N–H and O–H groups in total. The SMILES string of the molecule is CCCc1ccc(OCCC(C)(CO)NCC)cc1. The molecule has 3 nitrogen and oxygen atoms in total. The zero-order valence-electron chi connectivity index (χ0n) is 12.4. The molecule has 0 spiro atoms. The summed E-state index contributed by atoms with van der Waals surface area (Å²) in [4.78, 5) is 0. The Hall–Kier alpha value is -1.06. The van der Waals surface area contributed by atoms with Crippen molar-refractivity contribution in [3.63, 3.8) is 0 Å². The first-order valence-electron chi connectivity index (χ1n) is 7.21. The molecular weight excluding hydrogens is 238 g/mol. The number of hydrogen-bond acceptors (Lipinski definition) is 3. The van der Waals surface area contributed by atoms with Gasteiger partial charge >= 0.3 is 0 Å². The van der Waals surface area contributed by atoms with E-state index in [0.29, 0.717) is 6.61 Å². The summed E-state index contributed by atoms with van der Waals surface area (Å²) < 4.78 is 5.73. The molecule has 0 radical (unpaired) electrons. The Balaban J connectivity index is 2.39. The third kappa shape index (κ3) is 5.62. The van der Waals surface area contributed by atoms with Gasteiger partial charge in [0.2, 0.25) is 0 Å². The number of aliphatic hydroxyl groups is 1. The second kappa shape index (κ2) is 8.18. The van der Waals surface area contributed by atoms with Crippen molar-refractivity contribution in [3.05, 3.63) is 29.8 Å². The average molecular weight is 265 g/mol. The Morgan fingerprint density at radius 3 is 2.42 bits per heavy atom. The minimum absolute atomic E-state index is 0.125. The number of nitrogens with one attached hydrogen (secondary N) is 1. The fourth-order valence-electron chi connectivity index (χ4n) is 2.09. The van der Waals surface area contributed by atoms with Crippen LogP contribution in [0, 0.1) is 0 Å². The molecule has 1 atom stereocenters. The number of hydrogen-bond donors (Lipinski definition) is 2. The van der Waals surface area contributed by atoms with E-state index in [0.717, 1.165) is 31.6 Å². The van der Waals surface area contributed by atoms with Crippen molar-refractivity contribution in [3.8, 4) is 5.75 Å². The first-order chi connectivity index (χ1) is 9.13. The van der Waals surface area contributed by atoms with Crippen LogP contribution in [0.3, 0.4) is 0 Å². The molecule has 0 saturated heterocycles. The van der Waals surface area contributed by atoms with Gasteiger partial charge in [-0.15, -0.1) is 0 Å². The van der Waals surface area contributed by atoms with E-state index >= 15 is 0 Å². The molecule has 0 aliphatic rings. The van der Waals surface area contributed by atoms with E-state index in [-0.39, 0.29) is 12.1 Å². The third-order valence-electron chi connectivity index (χ3n) is 3.34. The zero-order valence-corrected chi connectivity index (χ0v) is 12.4. The van der Waals surface area contributed by atoms with Crippen LogP contribution in [0.15, 0.2) is 24.3 Å². The number of aryl methyl sites for hydroxylation is 1. The van der Waals surface area contributed by atoms with E-state index in [1.165, 1.54) is 5.56 Å². The number of likely N-dealkylation sites (N-methyl/N-ethyl adjacent to an activating group) is 1. The zero-order chi connectivity index (χ0) is 14.1. The van der Waals surface area contributed by atoms with Gasteiger partial charge in [-0.1, -0.05) is 32.4 Å². The average Bonchev–Trinajstić information content (AvgIpc) is 2.41. The molecule has 1 aromatic carbocycles. The van der Waals surface area contributed by atoms with Crippen LogP contribution >= 0.6 is 0 Å². The maximum absolute atomic E-state index is 9.39. The molecule has 1 aromatic rings. The molecule has 0 fully saturated rings. The highest BCUT2D eigenvalue weighted by Crippen LogP contribution is 2.15. The molecule has 0 heterocycles. The van der Waals surface area contributed by atoms with Crippen LogP contribution in [0.1, 0.15) is 39.2 Å². The molecule has 0 aliphatic heterocycles. The molecule has 1 unspecified atom stereocenters. The van der Waals surface area contributed by atoms with Gasteiger partial charge in [0.25, 0.3) is 0 Å². The van der Waals surface area contributed by atoms with Gasteiger partial charge in [0, 0.05) is 12.0 Å². The maximum atomic E-state index is 9.39. The van der Waals surface area contributed by atoms with Crippen molar-refractivity contribution >= 4 is 0 Å². The predicted molar refractivity (Wildman–Crippen MR) is 79.7 cm³/mol. The Labute approximate surface area is 117 Å². The second-order valence-electron chi connectivity index (χ2n) is 5.24. The summed E-state index contributed by atoms with van der Waals surface area (Å²) >= 11 is 0. The van der Waals surface area contributed by atoms with Crippen molar-refractivity contribution in [2.75, 3.05) is 19.8 Å². The summed E-state index contributed by atoms with van der Waals surface area (Å²) in [5.74, 6) is 0.900. The van der Waals surface area contributed by atoms with Crippen molar-refractivity contribution in [2.45, 2.75) is 45.6 Å². The lowest BCUT2D eigenvalue weighted by molar-refractivity contribution is 0.146. The van der Waals surface area contributed by atoms with Crippen LogP contribution in [-0.4, -0.2) is 30.4 Å². The van der Waals surface area contributed by atoms with Gasteiger partial charge in [-0.3, -0.25) is 0 Å². The van der Waals surface area contributed by atoms with E-state index in [9.17, 15) is 5.11 Å². The third-order valence-corrected chi connectivity index (χ3v) is 3.34. The van der Waals surface area contributed by atoms with Gasteiger partial charge in [-0.2, -0.15) is 0 Å². The van der Waals surface area contributed by atoms with Crippen molar-refractivity contribution in [1.29, 1.82) is 0 Å². The summed E-state index contributed by atoms with van der Waals surface area (Å²) in [6.45, 7) is 7.83. The highest BCUT2D eigenvalue weighted by atomic mass is 16.5. The Kier molecular flexibility index (Phi) is 6.89. The Bertz CT molecular complexity index is 350. The topological polar surface area (TPSA) is 41.5 Å². The van der Waals surface area contributed by atoms with Crippen molar-refractivity contribution in [1.82, 2.24) is 5.32 Å². The summed E-state index contributed by atoms with van der Waals surface area (Å²) in [7, 11) is 0. The first kappa shape index (κ1) is 16.0. The molecular formula is C16H27NO2. The summed E-state index contributed by atoms with van der Waals surface area (Å²) in [5, 5.41) is 12.7. The highest BCUT2D eigenvalue weighted by molar-refractivity contribution is 5.27. The monoisotopic (exact) mass is 265 g/mol. The molecule has 1 rings (SSSR count). The van der Waals surface area contributed by atoms with E-state index in [4.69, 9.17) is 4.74 Å². The normalized spacial score (nSPS) is 14.1. The summed E-state index contributed by atoms with van der Waals surface area (Å²) in [5.41, 5.74) is 1.10. The molecule has 0 bridgehead atoms. The first-order valence-corrected chi connectivity index (χ1v) is 7.21.